The molecule has 0 unspecified atom stereocenters. The number of anilines is 1. The third-order valence-electron chi connectivity index (χ3n) is 5.74. The van der Waals surface area contributed by atoms with E-state index in [0.29, 0.717) is 11.7 Å². The van der Waals surface area contributed by atoms with E-state index in [4.69, 9.17) is 10.8 Å². The van der Waals surface area contributed by atoms with Gasteiger partial charge >= 0.3 is 0 Å². The number of nitrogen functional groups attached to an aromatic ring is 1. The van der Waals surface area contributed by atoms with Gasteiger partial charge in [0, 0.05) is 54.2 Å². The Hall–Kier alpha value is -2.88. The first-order valence-electron chi connectivity index (χ1n) is 10.4. The molecule has 9 heteroatoms. The Morgan fingerprint density at radius 1 is 1.10 bits per heavy atom. The predicted octanol–water partition coefficient (Wildman–Crippen LogP) is 2.96. The van der Waals surface area contributed by atoms with Crippen molar-refractivity contribution in [3.63, 3.8) is 0 Å². The van der Waals surface area contributed by atoms with Crippen molar-refractivity contribution in [2.24, 2.45) is 0 Å². The van der Waals surface area contributed by atoms with E-state index in [1.165, 1.54) is 0 Å². The summed E-state index contributed by atoms with van der Waals surface area (Å²) in [7, 11) is 0. The summed E-state index contributed by atoms with van der Waals surface area (Å²) >= 11 is 1.58. The van der Waals surface area contributed by atoms with Gasteiger partial charge in [-0.3, -0.25) is 4.68 Å². The standard InChI is InChI=1S/C22H25N7OS/c23-19-13-26-29-14-16(11-20(22(19)29)31-21-3-1-2-6-24-21)17-12-25-28(15-17)18-4-7-27(8-5-18)9-10-30/h1-3,6,11-15,18,30H,4-5,7-10,23H2. The van der Waals surface area contributed by atoms with Gasteiger partial charge in [-0.15, -0.1) is 0 Å². The Morgan fingerprint density at radius 2 is 1.97 bits per heavy atom. The summed E-state index contributed by atoms with van der Waals surface area (Å²) in [6, 6.07) is 8.40. The van der Waals surface area contributed by atoms with E-state index in [1.807, 2.05) is 35.1 Å². The highest BCUT2D eigenvalue weighted by molar-refractivity contribution is 7.99. The molecule has 160 valence electrons. The Bertz CT molecular complexity index is 1170. The van der Waals surface area contributed by atoms with Gasteiger partial charge in [-0.05, 0) is 31.0 Å². The largest absolute Gasteiger partial charge is 0.396 e. The zero-order valence-electron chi connectivity index (χ0n) is 17.1. The molecule has 5 heterocycles. The summed E-state index contributed by atoms with van der Waals surface area (Å²) in [6.07, 6.45) is 11.6. The fourth-order valence-corrected chi connectivity index (χ4v) is 5.08. The number of pyridine rings is 2. The molecule has 0 radical (unpaired) electrons. The van der Waals surface area contributed by atoms with Crippen LogP contribution in [0.15, 0.2) is 65.2 Å². The lowest BCUT2D eigenvalue weighted by atomic mass is 10.1. The van der Waals surface area contributed by atoms with Gasteiger partial charge in [-0.2, -0.15) is 10.2 Å². The molecule has 0 bridgehead atoms. The first kappa shape index (κ1) is 20.0. The second-order valence-corrected chi connectivity index (χ2v) is 8.82. The smallest absolute Gasteiger partial charge is 0.103 e. The molecule has 0 aliphatic carbocycles. The summed E-state index contributed by atoms with van der Waals surface area (Å²) in [4.78, 5) is 7.75. The molecule has 4 aromatic rings. The minimum Gasteiger partial charge on any atom is -0.396 e. The molecule has 4 aromatic heterocycles. The second-order valence-electron chi connectivity index (χ2n) is 7.76. The van der Waals surface area contributed by atoms with Crippen molar-refractivity contribution in [1.82, 2.24) is 29.3 Å². The predicted molar refractivity (Wildman–Crippen MR) is 121 cm³/mol. The van der Waals surface area contributed by atoms with Crippen molar-refractivity contribution in [2.75, 3.05) is 32.0 Å². The van der Waals surface area contributed by atoms with E-state index in [1.54, 1.807) is 24.2 Å². The van der Waals surface area contributed by atoms with Crippen LogP contribution in [0.2, 0.25) is 0 Å². The average molecular weight is 436 g/mol. The summed E-state index contributed by atoms with van der Waals surface area (Å²) in [5.74, 6) is 0. The number of rotatable bonds is 6. The summed E-state index contributed by atoms with van der Waals surface area (Å²) in [6.45, 7) is 2.95. The highest BCUT2D eigenvalue weighted by Gasteiger charge is 2.21. The van der Waals surface area contributed by atoms with E-state index in [0.717, 1.165) is 59.0 Å². The zero-order valence-corrected chi connectivity index (χ0v) is 17.9. The lowest BCUT2D eigenvalue weighted by molar-refractivity contribution is 0.146. The molecule has 3 N–H and O–H groups in total. The summed E-state index contributed by atoms with van der Waals surface area (Å²) in [5, 5.41) is 19.1. The zero-order chi connectivity index (χ0) is 21.2. The van der Waals surface area contributed by atoms with Gasteiger partial charge in [0.2, 0.25) is 0 Å². The van der Waals surface area contributed by atoms with Crippen molar-refractivity contribution in [3.8, 4) is 11.1 Å². The van der Waals surface area contributed by atoms with Crippen molar-refractivity contribution in [2.45, 2.75) is 28.8 Å². The van der Waals surface area contributed by atoms with Crippen LogP contribution in [0.25, 0.3) is 16.6 Å². The first-order chi connectivity index (χ1) is 15.2. The Balaban J connectivity index is 1.43. The molecule has 8 nitrogen and oxygen atoms in total. The third kappa shape index (κ3) is 4.16. The van der Waals surface area contributed by atoms with Crippen LogP contribution in [-0.2, 0) is 0 Å². The second kappa shape index (κ2) is 8.70. The van der Waals surface area contributed by atoms with Crippen LogP contribution >= 0.6 is 11.8 Å². The van der Waals surface area contributed by atoms with Gasteiger partial charge in [0.05, 0.1) is 30.7 Å². The van der Waals surface area contributed by atoms with E-state index >= 15 is 0 Å². The molecule has 1 saturated heterocycles. The van der Waals surface area contributed by atoms with E-state index in [-0.39, 0.29) is 6.61 Å². The van der Waals surface area contributed by atoms with E-state index < -0.39 is 0 Å². The number of aliphatic hydroxyl groups excluding tert-OH is 1. The minimum atomic E-state index is 0.218. The normalized spacial score (nSPS) is 15.6. The van der Waals surface area contributed by atoms with Crippen LogP contribution in [0.1, 0.15) is 18.9 Å². The topological polar surface area (TPSA) is 97.5 Å². The quantitative estimate of drug-likeness (QED) is 0.480. The molecular weight excluding hydrogens is 410 g/mol. The van der Waals surface area contributed by atoms with Crippen molar-refractivity contribution >= 4 is 23.0 Å². The number of β-amino-alcohol motifs (C(OH)–C–C–N with tert-alkyl or cyclic N) is 1. The molecule has 1 fully saturated rings. The number of hydrogen-bond donors (Lipinski definition) is 2. The van der Waals surface area contributed by atoms with Crippen LogP contribution < -0.4 is 5.73 Å². The van der Waals surface area contributed by atoms with Crippen LogP contribution in [-0.4, -0.2) is 60.6 Å². The molecular formula is C22H25N7OS. The molecule has 31 heavy (non-hydrogen) atoms. The maximum atomic E-state index is 9.14. The van der Waals surface area contributed by atoms with Gasteiger partial charge in [-0.25, -0.2) is 9.50 Å². The number of aromatic nitrogens is 5. The van der Waals surface area contributed by atoms with E-state index in [9.17, 15) is 0 Å². The van der Waals surface area contributed by atoms with Crippen LogP contribution in [0, 0.1) is 0 Å². The molecule has 0 atom stereocenters. The lowest BCUT2D eigenvalue weighted by Gasteiger charge is -2.31. The van der Waals surface area contributed by atoms with Crippen LogP contribution in [0.4, 0.5) is 5.69 Å². The number of hydrogen-bond acceptors (Lipinski definition) is 7. The highest BCUT2D eigenvalue weighted by atomic mass is 32.2. The number of likely N-dealkylation sites (tertiary alicyclic amines) is 1. The summed E-state index contributed by atoms with van der Waals surface area (Å²) < 4.78 is 3.92. The molecule has 5 rings (SSSR count). The highest BCUT2D eigenvalue weighted by Crippen LogP contribution is 2.36. The molecule has 0 spiro atoms. The monoisotopic (exact) mass is 435 g/mol. The number of piperidine rings is 1. The fourth-order valence-electron chi connectivity index (χ4n) is 4.10. The van der Waals surface area contributed by atoms with Gasteiger partial charge < -0.3 is 15.7 Å². The van der Waals surface area contributed by atoms with Gasteiger partial charge in [0.25, 0.3) is 0 Å². The molecule has 0 amide bonds. The summed E-state index contributed by atoms with van der Waals surface area (Å²) in [5.41, 5.74) is 9.83. The Kier molecular flexibility index (Phi) is 5.63. The maximum absolute atomic E-state index is 9.14. The molecule has 0 saturated carbocycles. The fraction of sp³-hybridized carbons (Fsp3) is 0.318. The molecule has 1 aliphatic heterocycles. The van der Waals surface area contributed by atoms with E-state index in [2.05, 4.69) is 37.0 Å². The Morgan fingerprint density at radius 3 is 2.74 bits per heavy atom. The SMILES string of the molecule is Nc1cnn2cc(-c3cnn(C4CCN(CCO)CC4)c3)cc(Sc3ccccn3)c12. The van der Waals surface area contributed by atoms with Crippen LogP contribution in [0.3, 0.4) is 0 Å². The van der Waals surface area contributed by atoms with Gasteiger partial charge in [0.15, 0.2) is 0 Å². The average Bonchev–Trinajstić information content (AvgIpc) is 3.43. The van der Waals surface area contributed by atoms with Crippen molar-refractivity contribution in [3.05, 3.63) is 55.2 Å². The number of nitrogens with zero attached hydrogens (tertiary/aromatic N) is 6. The lowest BCUT2D eigenvalue weighted by Crippen LogP contribution is -2.36. The number of nitrogens with two attached hydrogens (primary N) is 1. The van der Waals surface area contributed by atoms with Crippen LogP contribution in [0.5, 0.6) is 0 Å². The Labute approximate surface area is 184 Å². The van der Waals surface area contributed by atoms with Gasteiger partial charge in [-0.1, -0.05) is 17.8 Å². The molecule has 1 aliphatic rings. The van der Waals surface area contributed by atoms with Crippen molar-refractivity contribution < 1.29 is 5.11 Å². The molecule has 0 aromatic carbocycles. The number of fused-ring (bicyclic) bond motifs is 1. The maximum Gasteiger partial charge on any atom is 0.103 e. The minimum absolute atomic E-state index is 0.218. The number of aliphatic hydroxyl groups is 1. The first-order valence-corrected chi connectivity index (χ1v) is 11.3. The third-order valence-corrected chi connectivity index (χ3v) is 6.72. The van der Waals surface area contributed by atoms with Crippen molar-refractivity contribution in [1.29, 1.82) is 0 Å². The van der Waals surface area contributed by atoms with Gasteiger partial charge in [0.1, 0.15) is 10.5 Å².